The predicted octanol–water partition coefficient (Wildman–Crippen LogP) is -0.207. The fourth-order valence-electron chi connectivity index (χ4n) is 0.962. The Bertz CT molecular complexity index is 75.7. The molecule has 0 bridgehead atoms. The van der Waals surface area contributed by atoms with E-state index in [0.717, 1.165) is 26.2 Å². The van der Waals surface area contributed by atoms with Crippen molar-refractivity contribution in [1.82, 2.24) is 16.0 Å². The highest BCUT2D eigenvalue weighted by atomic mass is 15.0. The highest BCUT2D eigenvalue weighted by Gasteiger charge is 1.96. The molecule has 11 heavy (non-hydrogen) atoms. The third kappa shape index (κ3) is 7.78. The molecule has 0 aromatic heterocycles. The van der Waals surface area contributed by atoms with Crippen LogP contribution >= 0.6 is 0 Å². The maximum Gasteiger partial charge on any atom is 0.0164 e. The highest BCUT2D eigenvalue weighted by molar-refractivity contribution is 4.62. The Hall–Kier alpha value is -0.120. The summed E-state index contributed by atoms with van der Waals surface area (Å²) < 4.78 is 0. The Labute approximate surface area is 69.9 Å². The number of hydrogen-bond acceptors (Lipinski definition) is 3. The zero-order chi connectivity index (χ0) is 8.53. The van der Waals surface area contributed by atoms with Crippen LogP contribution < -0.4 is 16.0 Å². The predicted molar refractivity (Wildman–Crippen MR) is 49.9 cm³/mol. The van der Waals surface area contributed by atoms with E-state index in [0.29, 0.717) is 6.04 Å². The normalized spacial score (nSPS) is 13.4. The maximum atomic E-state index is 3.39. The summed E-state index contributed by atoms with van der Waals surface area (Å²) in [5.41, 5.74) is 0. The second kappa shape index (κ2) is 7.98. The summed E-state index contributed by atoms with van der Waals surface area (Å²) in [5.74, 6) is 0. The van der Waals surface area contributed by atoms with Crippen molar-refractivity contribution in [3.8, 4) is 0 Å². The highest BCUT2D eigenvalue weighted by Crippen LogP contribution is 1.75. The van der Waals surface area contributed by atoms with Crippen LogP contribution in [0.25, 0.3) is 0 Å². The molecule has 0 radical (unpaired) electrons. The van der Waals surface area contributed by atoms with Crippen LogP contribution in [0.1, 0.15) is 13.8 Å². The first-order valence-corrected chi connectivity index (χ1v) is 4.40. The minimum Gasteiger partial charge on any atom is -0.318 e. The van der Waals surface area contributed by atoms with E-state index in [9.17, 15) is 0 Å². The van der Waals surface area contributed by atoms with Crippen LogP contribution in [0, 0.1) is 0 Å². The Morgan fingerprint density at radius 3 is 2.55 bits per heavy atom. The lowest BCUT2D eigenvalue weighted by Gasteiger charge is -2.12. The molecule has 3 nitrogen and oxygen atoms in total. The Balaban J connectivity index is 2.97. The first kappa shape index (κ1) is 10.9. The van der Waals surface area contributed by atoms with E-state index in [2.05, 4.69) is 29.8 Å². The van der Waals surface area contributed by atoms with Crippen LogP contribution in [0.2, 0.25) is 0 Å². The van der Waals surface area contributed by atoms with E-state index in [1.54, 1.807) is 0 Å². The third-order valence-corrected chi connectivity index (χ3v) is 1.55. The second-order valence-electron chi connectivity index (χ2n) is 2.77. The quantitative estimate of drug-likeness (QED) is 0.450. The van der Waals surface area contributed by atoms with Crippen molar-refractivity contribution in [1.29, 1.82) is 0 Å². The van der Waals surface area contributed by atoms with Gasteiger partial charge in [0.2, 0.25) is 0 Å². The molecule has 0 amide bonds. The molecule has 3 heteroatoms. The van der Waals surface area contributed by atoms with E-state index in [-0.39, 0.29) is 0 Å². The first-order valence-electron chi connectivity index (χ1n) is 4.40. The van der Waals surface area contributed by atoms with Gasteiger partial charge in [0.05, 0.1) is 0 Å². The molecule has 0 saturated heterocycles. The number of nitrogens with one attached hydrogen (secondary N) is 3. The molecule has 0 aliphatic carbocycles. The molecule has 68 valence electrons. The molecule has 0 spiro atoms. The molecule has 0 aromatic carbocycles. The van der Waals surface area contributed by atoms with Gasteiger partial charge in [-0.25, -0.2) is 0 Å². The molecule has 0 aliphatic heterocycles. The van der Waals surface area contributed by atoms with Crippen molar-refractivity contribution in [2.45, 2.75) is 19.9 Å². The number of hydrogen-bond donors (Lipinski definition) is 3. The summed E-state index contributed by atoms with van der Waals surface area (Å²) in [4.78, 5) is 0. The van der Waals surface area contributed by atoms with Gasteiger partial charge >= 0.3 is 0 Å². The molecule has 1 atom stereocenters. The lowest BCUT2D eigenvalue weighted by atomic mass is 10.3. The largest absolute Gasteiger partial charge is 0.318 e. The summed E-state index contributed by atoms with van der Waals surface area (Å²) in [5, 5.41) is 9.78. The summed E-state index contributed by atoms with van der Waals surface area (Å²) >= 11 is 0. The minimum atomic E-state index is 0.568. The van der Waals surface area contributed by atoms with Crippen LogP contribution in [0.15, 0.2) is 0 Å². The molecule has 0 aliphatic rings. The maximum absolute atomic E-state index is 3.39. The Morgan fingerprint density at radius 1 is 1.27 bits per heavy atom. The van der Waals surface area contributed by atoms with Crippen LogP contribution in [-0.2, 0) is 0 Å². The van der Waals surface area contributed by atoms with Crippen molar-refractivity contribution in [3.63, 3.8) is 0 Å². The van der Waals surface area contributed by atoms with Crippen LogP contribution in [0.3, 0.4) is 0 Å². The molecule has 0 fully saturated rings. The molecule has 0 heterocycles. The van der Waals surface area contributed by atoms with E-state index in [1.165, 1.54) is 0 Å². The van der Waals surface area contributed by atoms with Gasteiger partial charge in [0, 0.05) is 25.7 Å². The van der Waals surface area contributed by atoms with Crippen molar-refractivity contribution in [2.75, 3.05) is 33.2 Å². The van der Waals surface area contributed by atoms with E-state index in [4.69, 9.17) is 0 Å². The van der Waals surface area contributed by atoms with E-state index in [1.807, 2.05) is 7.05 Å². The average molecular weight is 159 g/mol. The van der Waals surface area contributed by atoms with Gasteiger partial charge in [-0.2, -0.15) is 0 Å². The molecule has 0 aromatic rings. The summed E-state index contributed by atoms with van der Waals surface area (Å²) in [6.07, 6.45) is 0. The van der Waals surface area contributed by atoms with Gasteiger partial charge in [0.15, 0.2) is 0 Å². The lowest BCUT2D eigenvalue weighted by molar-refractivity contribution is 0.513. The number of likely N-dealkylation sites (N-methyl/N-ethyl adjacent to an activating group) is 2. The molecule has 0 saturated carbocycles. The third-order valence-electron chi connectivity index (χ3n) is 1.55. The SMILES string of the molecule is CCNCCN[C@@H](C)CNC. The van der Waals surface area contributed by atoms with Gasteiger partial charge in [0.25, 0.3) is 0 Å². The Morgan fingerprint density at radius 2 is 2.00 bits per heavy atom. The Kier molecular flexibility index (Phi) is 7.89. The van der Waals surface area contributed by atoms with Crippen molar-refractivity contribution < 1.29 is 0 Å². The van der Waals surface area contributed by atoms with Crippen molar-refractivity contribution >= 4 is 0 Å². The molecular weight excluding hydrogens is 138 g/mol. The zero-order valence-electron chi connectivity index (χ0n) is 7.91. The lowest BCUT2D eigenvalue weighted by Crippen LogP contribution is -2.38. The van der Waals surface area contributed by atoms with E-state index < -0.39 is 0 Å². The monoisotopic (exact) mass is 159 g/mol. The standard InChI is InChI=1S/C8H21N3/c1-4-10-5-6-11-8(2)7-9-3/h8-11H,4-7H2,1-3H3/t8-/m0/s1. The van der Waals surface area contributed by atoms with Gasteiger partial charge in [-0.3, -0.25) is 0 Å². The molecule has 0 unspecified atom stereocenters. The summed E-state index contributed by atoms with van der Waals surface area (Å²) in [7, 11) is 1.97. The smallest absolute Gasteiger partial charge is 0.0164 e. The van der Waals surface area contributed by atoms with Gasteiger partial charge in [0.1, 0.15) is 0 Å². The fraction of sp³-hybridized carbons (Fsp3) is 1.00. The van der Waals surface area contributed by atoms with Crippen LogP contribution in [0.5, 0.6) is 0 Å². The van der Waals surface area contributed by atoms with Gasteiger partial charge in [-0.1, -0.05) is 6.92 Å². The van der Waals surface area contributed by atoms with Gasteiger partial charge in [-0.15, -0.1) is 0 Å². The second-order valence-corrected chi connectivity index (χ2v) is 2.77. The van der Waals surface area contributed by atoms with Gasteiger partial charge in [-0.05, 0) is 20.5 Å². The van der Waals surface area contributed by atoms with Crippen molar-refractivity contribution in [3.05, 3.63) is 0 Å². The van der Waals surface area contributed by atoms with Crippen LogP contribution in [-0.4, -0.2) is 39.3 Å². The average Bonchev–Trinajstić information content (AvgIpc) is 1.99. The molecule has 0 rings (SSSR count). The number of rotatable bonds is 7. The molecular formula is C8H21N3. The zero-order valence-corrected chi connectivity index (χ0v) is 7.91. The minimum absolute atomic E-state index is 0.568. The fourth-order valence-corrected chi connectivity index (χ4v) is 0.962. The van der Waals surface area contributed by atoms with Crippen LogP contribution in [0.4, 0.5) is 0 Å². The van der Waals surface area contributed by atoms with E-state index >= 15 is 0 Å². The molecule has 3 N–H and O–H groups in total. The summed E-state index contributed by atoms with van der Waals surface area (Å²) in [6, 6.07) is 0.568. The topological polar surface area (TPSA) is 36.1 Å². The first-order chi connectivity index (χ1) is 5.31. The van der Waals surface area contributed by atoms with Gasteiger partial charge < -0.3 is 16.0 Å². The van der Waals surface area contributed by atoms with Crippen molar-refractivity contribution in [2.24, 2.45) is 0 Å². The summed E-state index contributed by atoms with van der Waals surface area (Å²) in [6.45, 7) is 8.51.